The zero-order chi connectivity index (χ0) is 19.3. The largest absolute Gasteiger partial charge is 0.352 e. The molecule has 3 rings (SSSR count). The first kappa shape index (κ1) is 20.3. The van der Waals surface area contributed by atoms with E-state index in [-0.39, 0.29) is 11.7 Å². The molecule has 1 aromatic carbocycles. The van der Waals surface area contributed by atoms with Crippen LogP contribution in [0, 0.1) is 5.92 Å². The summed E-state index contributed by atoms with van der Waals surface area (Å²) in [6.07, 6.45) is 4.50. The van der Waals surface area contributed by atoms with Gasteiger partial charge < -0.3 is 5.32 Å². The van der Waals surface area contributed by atoms with Gasteiger partial charge in [0.25, 0.3) is 0 Å². The van der Waals surface area contributed by atoms with E-state index in [0.29, 0.717) is 38.8 Å². The van der Waals surface area contributed by atoms with Crippen molar-refractivity contribution in [3.8, 4) is 0 Å². The minimum atomic E-state index is -3.31. The Morgan fingerprint density at radius 1 is 1.04 bits per heavy atom. The average molecular weight is 394 g/mol. The molecule has 0 atom stereocenters. The smallest absolute Gasteiger partial charge is 0.234 e. The normalized spacial score (nSPS) is 25.2. The zero-order valence-corrected chi connectivity index (χ0v) is 17.0. The third-order valence-corrected chi connectivity index (χ3v) is 7.51. The van der Waals surface area contributed by atoms with E-state index in [0.717, 1.165) is 24.3 Å². The maximum absolute atomic E-state index is 12.6. The molecule has 0 aromatic heterocycles. The molecule has 1 aromatic rings. The summed E-state index contributed by atoms with van der Waals surface area (Å²) in [5.41, 5.74) is 0.807. The van der Waals surface area contributed by atoms with Gasteiger partial charge in [-0.25, -0.2) is 8.42 Å². The van der Waals surface area contributed by atoms with E-state index in [1.54, 1.807) is 4.31 Å². The van der Waals surface area contributed by atoms with Gasteiger partial charge in [0.2, 0.25) is 15.9 Å². The topological polar surface area (TPSA) is 69.7 Å². The van der Waals surface area contributed by atoms with Crippen LogP contribution in [0.2, 0.25) is 0 Å². The van der Waals surface area contributed by atoms with Gasteiger partial charge in [-0.2, -0.15) is 4.31 Å². The average Bonchev–Trinajstić information content (AvgIpc) is 2.64. The molecular weight excluding hydrogens is 362 g/mol. The fraction of sp³-hybridized carbons (Fsp3) is 0.650. The first-order valence-corrected chi connectivity index (χ1v) is 11.6. The Labute approximate surface area is 163 Å². The van der Waals surface area contributed by atoms with Crippen LogP contribution in [0.3, 0.4) is 0 Å². The van der Waals surface area contributed by atoms with E-state index in [9.17, 15) is 13.2 Å². The fourth-order valence-electron chi connectivity index (χ4n) is 3.92. The Balaban J connectivity index is 1.42. The van der Waals surface area contributed by atoms with Crippen LogP contribution in [0.15, 0.2) is 30.3 Å². The molecule has 7 heteroatoms. The number of hydrogen-bond donors (Lipinski definition) is 1. The monoisotopic (exact) mass is 393 g/mol. The summed E-state index contributed by atoms with van der Waals surface area (Å²) < 4.78 is 26.8. The quantitative estimate of drug-likeness (QED) is 0.801. The summed E-state index contributed by atoms with van der Waals surface area (Å²) in [5.74, 6) is 0.869. The third kappa shape index (κ3) is 6.02. The molecule has 1 saturated heterocycles. The predicted molar refractivity (Wildman–Crippen MR) is 107 cm³/mol. The van der Waals surface area contributed by atoms with Crippen LogP contribution in [0.1, 0.15) is 38.2 Å². The molecule has 0 radical (unpaired) electrons. The van der Waals surface area contributed by atoms with Crippen molar-refractivity contribution in [1.82, 2.24) is 14.5 Å². The number of rotatable bonds is 6. The van der Waals surface area contributed by atoms with E-state index in [4.69, 9.17) is 0 Å². The molecule has 2 aliphatic rings. The molecular formula is C20H31N3O3S. The highest BCUT2D eigenvalue weighted by Crippen LogP contribution is 2.23. The maximum atomic E-state index is 12.6. The lowest BCUT2D eigenvalue weighted by atomic mass is 9.87. The van der Waals surface area contributed by atoms with Crippen molar-refractivity contribution in [2.24, 2.45) is 5.92 Å². The minimum Gasteiger partial charge on any atom is -0.352 e. The molecule has 150 valence electrons. The van der Waals surface area contributed by atoms with Gasteiger partial charge in [0.1, 0.15) is 0 Å². The molecule has 2 fully saturated rings. The first-order chi connectivity index (χ1) is 12.9. The lowest BCUT2D eigenvalue weighted by Gasteiger charge is -2.34. The SMILES string of the molecule is CC1CCC(NC(=O)CN2CCN(S(=O)(=O)Cc3ccccc3)CC2)CC1. The number of piperazine rings is 1. The number of nitrogens with one attached hydrogen (secondary N) is 1. The Hall–Kier alpha value is -1.44. The van der Waals surface area contributed by atoms with E-state index in [1.807, 2.05) is 30.3 Å². The summed E-state index contributed by atoms with van der Waals surface area (Å²) >= 11 is 0. The summed E-state index contributed by atoms with van der Waals surface area (Å²) in [6, 6.07) is 9.58. The van der Waals surface area contributed by atoms with Crippen molar-refractivity contribution < 1.29 is 13.2 Å². The van der Waals surface area contributed by atoms with Gasteiger partial charge in [-0.1, -0.05) is 37.3 Å². The van der Waals surface area contributed by atoms with Crippen LogP contribution in [0.5, 0.6) is 0 Å². The van der Waals surface area contributed by atoms with Crippen molar-refractivity contribution >= 4 is 15.9 Å². The second-order valence-electron chi connectivity index (χ2n) is 7.94. The Morgan fingerprint density at radius 2 is 1.67 bits per heavy atom. The third-order valence-electron chi connectivity index (χ3n) is 5.66. The number of carbonyl (C=O) groups is 1. The molecule has 1 heterocycles. The Bertz CT molecular complexity index is 707. The van der Waals surface area contributed by atoms with Crippen LogP contribution in [-0.4, -0.2) is 62.3 Å². The van der Waals surface area contributed by atoms with Gasteiger partial charge in [0.15, 0.2) is 0 Å². The van der Waals surface area contributed by atoms with Gasteiger partial charge in [0.05, 0.1) is 12.3 Å². The lowest BCUT2D eigenvalue weighted by Crippen LogP contribution is -2.52. The highest BCUT2D eigenvalue weighted by Gasteiger charge is 2.28. The molecule has 1 amide bonds. The molecule has 1 N–H and O–H groups in total. The van der Waals surface area contributed by atoms with Crippen molar-refractivity contribution in [3.63, 3.8) is 0 Å². The van der Waals surface area contributed by atoms with Gasteiger partial charge in [-0.15, -0.1) is 0 Å². The van der Waals surface area contributed by atoms with Crippen molar-refractivity contribution in [2.45, 2.75) is 44.4 Å². The minimum absolute atomic E-state index is 0.0361. The number of benzene rings is 1. The van der Waals surface area contributed by atoms with E-state index < -0.39 is 10.0 Å². The summed E-state index contributed by atoms with van der Waals surface area (Å²) in [7, 11) is -3.31. The fourth-order valence-corrected chi connectivity index (χ4v) is 5.44. The Morgan fingerprint density at radius 3 is 2.30 bits per heavy atom. The second kappa shape index (κ2) is 9.17. The first-order valence-electron chi connectivity index (χ1n) is 9.96. The molecule has 0 unspecified atom stereocenters. The highest BCUT2D eigenvalue weighted by molar-refractivity contribution is 7.88. The van der Waals surface area contributed by atoms with Crippen molar-refractivity contribution in [2.75, 3.05) is 32.7 Å². The molecule has 1 saturated carbocycles. The standard InChI is InChI=1S/C20H31N3O3S/c1-17-7-9-19(10-8-17)21-20(24)15-22-11-13-23(14-12-22)27(25,26)16-18-5-3-2-4-6-18/h2-6,17,19H,7-16H2,1H3,(H,21,24). The van der Waals surface area contributed by atoms with Crippen LogP contribution in [0.4, 0.5) is 0 Å². The number of hydrogen-bond acceptors (Lipinski definition) is 4. The summed E-state index contributed by atoms with van der Waals surface area (Å²) in [4.78, 5) is 14.3. The Kier molecular flexibility index (Phi) is 6.89. The van der Waals surface area contributed by atoms with Crippen LogP contribution in [-0.2, 0) is 20.6 Å². The van der Waals surface area contributed by atoms with Crippen LogP contribution >= 0.6 is 0 Å². The molecule has 6 nitrogen and oxygen atoms in total. The molecule has 0 bridgehead atoms. The highest BCUT2D eigenvalue weighted by atomic mass is 32.2. The van der Waals surface area contributed by atoms with Crippen LogP contribution in [0.25, 0.3) is 0 Å². The van der Waals surface area contributed by atoms with Crippen LogP contribution < -0.4 is 5.32 Å². The molecule has 0 spiro atoms. The number of sulfonamides is 1. The van der Waals surface area contributed by atoms with Crippen molar-refractivity contribution in [3.05, 3.63) is 35.9 Å². The van der Waals surface area contributed by atoms with Crippen molar-refractivity contribution in [1.29, 1.82) is 0 Å². The predicted octanol–water partition coefficient (Wildman–Crippen LogP) is 1.83. The number of nitrogens with zero attached hydrogens (tertiary/aromatic N) is 2. The summed E-state index contributed by atoms with van der Waals surface area (Å²) in [5, 5.41) is 3.15. The van der Waals surface area contributed by atoms with E-state index in [2.05, 4.69) is 17.1 Å². The van der Waals surface area contributed by atoms with E-state index >= 15 is 0 Å². The van der Waals surface area contributed by atoms with Gasteiger partial charge in [-0.05, 0) is 37.2 Å². The lowest BCUT2D eigenvalue weighted by molar-refractivity contribution is -0.123. The molecule has 1 aliphatic carbocycles. The molecule has 27 heavy (non-hydrogen) atoms. The van der Waals surface area contributed by atoms with E-state index in [1.165, 1.54) is 12.8 Å². The molecule has 1 aliphatic heterocycles. The number of carbonyl (C=O) groups excluding carboxylic acids is 1. The maximum Gasteiger partial charge on any atom is 0.234 e. The number of amides is 1. The van der Waals surface area contributed by atoms with Gasteiger partial charge in [0, 0.05) is 32.2 Å². The summed E-state index contributed by atoms with van der Waals surface area (Å²) in [6.45, 7) is 4.72. The van der Waals surface area contributed by atoms with Gasteiger partial charge >= 0.3 is 0 Å². The van der Waals surface area contributed by atoms with Gasteiger partial charge in [-0.3, -0.25) is 9.69 Å². The zero-order valence-electron chi connectivity index (χ0n) is 16.1. The second-order valence-corrected chi connectivity index (χ2v) is 9.91.